The highest BCUT2D eigenvalue weighted by molar-refractivity contribution is 5.71. The average Bonchev–Trinajstić information content (AvgIpc) is 2.80. The monoisotopic (exact) mass is 433 g/mol. The minimum Gasteiger partial charge on any atom is -0.457 e. The van der Waals surface area contributed by atoms with Crippen LogP contribution in [0.1, 0.15) is 37.9 Å². The van der Waals surface area contributed by atoms with Gasteiger partial charge in [0.05, 0.1) is 6.04 Å². The van der Waals surface area contributed by atoms with Gasteiger partial charge < -0.3 is 26.3 Å². The Balaban J connectivity index is 1.35. The fourth-order valence-corrected chi connectivity index (χ4v) is 3.48. The maximum Gasteiger partial charge on any atom is 0.282 e. The fraction of sp³-hybridized carbons (Fsp3) is 0.304. The number of nitrogens with two attached hydrogens (primary N) is 2. The van der Waals surface area contributed by atoms with Gasteiger partial charge in [-0.1, -0.05) is 37.5 Å². The van der Waals surface area contributed by atoms with E-state index >= 15 is 0 Å². The number of ether oxygens (including phenoxy) is 2. The molecular weight excluding hydrogens is 406 g/mol. The summed E-state index contributed by atoms with van der Waals surface area (Å²) < 4.78 is 11.3. The zero-order chi connectivity index (χ0) is 22.2. The lowest BCUT2D eigenvalue weighted by Gasteiger charge is -2.18. The molecule has 0 spiro atoms. The Morgan fingerprint density at radius 1 is 0.938 bits per heavy atom. The predicted octanol–water partition coefficient (Wildman–Crippen LogP) is 4.15. The van der Waals surface area contributed by atoms with E-state index in [0.717, 1.165) is 30.0 Å². The summed E-state index contributed by atoms with van der Waals surface area (Å²) in [4.78, 5) is 17.1. The Morgan fingerprint density at radius 2 is 1.66 bits per heavy atom. The molecule has 1 aliphatic rings. The van der Waals surface area contributed by atoms with Crippen LogP contribution >= 0.6 is 0 Å². The lowest BCUT2D eigenvalue weighted by molar-refractivity contribution is 0.272. The van der Waals surface area contributed by atoms with Crippen LogP contribution in [0.15, 0.2) is 59.6 Å². The molecule has 32 heavy (non-hydrogen) atoms. The van der Waals surface area contributed by atoms with E-state index in [1.54, 1.807) is 0 Å². The molecule has 166 valence electrons. The minimum atomic E-state index is 0.0628. The van der Waals surface area contributed by atoms with Crippen LogP contribution in [0.3, 0.4) is 0 Å². The molecule has 0 saturated heterocycles. The number of hydrogen-bond donors (Lipinski definition) is 3. The summed E-state index contributed by atoms with van der Waals surface area (Å²) in [5, 5.41) is 3.11. The highest BCUT2D eigenvalue weighted by Gasteiger charge is 2.13. The highest BCUT2D eigenvalue weighted by atomic mass is 16.5. The number of nitrogens with zero attached hydrogens (tertiary/aromatic N) is 4. The van der Waals surface area contributed by atoms with Crippen molar-refractivity contribution in [3.8, 4) is 11.5 Å². The molecule has 0 bridgehead atoms. The molecule has 0 amide bonds. The molecule has 0 aliphatic heterocycles. The molecule has 9 heteroatoms. The van der Waals surface area contributed by atoms with Gasteiger partial charge >= 0.3 is 0 Å². The Kier molecular flexibility index (Phi) is 6.96. The van der Waals surface area contributed by atoms with Gasteiger partial charge in [-0.3, -0.25) is 0 Å². The van der Waals surface area contributed by atoms with E-state index in [1.807, 2.05) is 54.6 Å². The molecule has 1 aromatic heterocycles. The largest absolute Gasteiger partial charge is 0.457 e. The molecule has 1 fully saturated rings. The average molecular weight is 434 g/mol. The molecule has 5 N–H and O–H groups in total. The van der Waals surface area contributed by atoms with Crippen molar-refractivity contribution in [2.75, 3.05) is 11.1 Å². The summed E-state index contributed by atoms with van der Waals surface area (Å²) in [5.41, 5.74) is 12.5. The summed E-state index contributed by atoms with van der Waals surface area (Å²) in [7, 11) is 0. The quantitative estimate of drug-likeness (QED) is 0.374. The third kappa shape index (κ3) is 6.31. The molecule has 0 unspecified atom stereocenters. The molecule has 0 atom stereocenters. The molecule has 1 heterocycles. The summed E-state index contributed by atoms with van der Waals surface area (Å²) in [6.45, 7) is 0.0628. The topological polar surface area (TPSA) is 134 Å². The van der Waals surface area contributed by atoms with Gasteiger partial charge in [-0.25, -0.2) is 4.99 Å². The van der Waals surface area contributed by atoms with Gasteiger partial charge in [0.15, 0.2) is 12.4 Å². The van der Waals surface area contributed by atoms with Gasteiger partial charge in [0.2, 0.25) is 11.9 Å². The molecule has 1 aliphatic carbocycles. The zero-order valence-electron chi connectivity index (χ0n) is 17.8. The van der Waals surface area contributed by atoms with E-state index in [9.17, 15) is 0 Å². The van der Waals surface area contributed by atoms with E-state index < -0.39 is 0 Å². The van der Waals surface area contributed by atoms with Crippen molar-refractivity contribution in [1.82, 2.24) is 15.0 Å². The number of anilines is 3. The van der Waals surface area contributed by atoms with Gasteiger partial charge in [-0.2, -0.15) is 15.0 Å². The molecule has 3 aromatic rings. The number of nitrogen functional groups attached to an aromatic ring is 1. The maximum atomic E-state index is 5.92. The van der Waals surface area contributed by atoms with Crippen molar-refractivity contribution in [2.24, 2.45) is 10.7 Å². The van der Waals surface area contributed by atoms with E-state index in [4.69, 9.17) is 20.9 Å². The van der Waals surface area contributed by atoms with Crippen LogP contribution in [0, 0.1) is 0 Å². The van der Waals surface area contributed by atoms with E-state index in [1.165, 1.54) is 19.3 Å². The van der Waals surface area contributed by atoms with Crippen molar-refractivity contribution in [1.29, 1.82) is 0 Å². The maximum absolute atomic E-state index is 5.92. The first-order valence-corrected chi connectivity index (χ1v) is 10.7. The van der Waals surface area contributed by atoms with Crippen molar-refractivity contribution in [3.05, 3.63) is 60.4 Å². The van der Waals surface area contributed by atoms with Gasteiger partial charge in [-0.15, -0.1) is 0 Å². The third-order valence-electron chi connectivity index (χ3n) is 5.02. The van der Waals surface area contributed by atoms with Crippen LogP contribution in [-0.2, 0) is 11.3 Å². The second kappa shape index (κ2) is 10.4. The van der Waals surface area contributed by atoms with Crippen LogP contribution < -0.4 is 21.5 Å². The predicted molar refractivity (Wildman–Crippen MR) is 124 cm³/mol. The number of aliphatic imine (C=N–C) groups is 1. The summed E-state index contributed by atoms with van der Waals surface area (Å²) in [6, 6.07) is 17.4. The summed E-state index contributed by atoms with van der Waals surface area (Å²) in [5.74, 6) is 2.27. The zero-order valence-corrected chi connectivity index (χ0v) is 17.8. The smallest absolute Gasteiger partial charge is 0.282 e. The first-order chi connectivity index (χ1) is 15.6. The molecular formula is C23H27N7O2. The SMILES string of the molecule is NC(=NC1CCCCC1)OCc1nc(N)nc(Nc2ccc(Oc3ccccc3)cc2)n1. The normalized spacial score (nSPS) is 14.7. The van der Waals surface area contributed by atoms with Gasteiger partial charge in [0, 0.05) is 5.69 Å². The lowest BCUT2D eigenvalue weighted by Crippen LogP contribution is -2.22. The first-order valence-electron chi connectivity index (χ1n) is 10.7. The van der Waals surface area contributed by atoms with Crippen LogP contribution in [-0.4, -0.2) is 27.0 Å². The molecule has 4 rings (SSSR count). The third-order valence-corrected chi connectivity index (χ3v) is 5.02. The van der Waals surface area contributed by atoms with Crippen molar-refractivity contribution >= 4 is 23.6 Å². The van der Waals surface area contributed by atoms with Gasteiger partial charge in [-0.05, 0) is 49.2 Å². The van der Waals surface area contributed by atoms with E-state index in [2.05, 4.69) is 25.3 Å². The number of hydrogen-bond acceptors (Lipinski definition) is 8. The van der Waals surface area contributed by atoms with E-state index in [0.29, 0.717) is 11.8 Å². The molecule has 0 radical (unpaired) electrons. The Morgan fingerprint density at radius 3 is 2.41 bits per heavy atom. The van der Waals surface area contributed by atoms with Crippen molar-refractivity contribution < 1.29 is 9.47 Å². The lowest BCUT2D eigenvalue weighted by atomic mass is 9.96. The van der Waals surface area contributed by atoms with Crippen LogP contribution in [0.2, 0.25) is 0 Å². The molecule has 2 aromatic carbocycles. The standard InChI is InChI=1S/C23H27N7O2/c24-21-28-20(15-31-22(25)26-16-7-3-1-4-8-16)29-23(30-21)27-17-11-13-19(14-12-17)32-18-9-5-2-6-10-18/h2,5-6,9-14,16H,1,3-4,7-8,15H2,(H2,25,26)(H3,24,27,28,29,30). The number of nitrogens with one attached hydrogen (secondary N) is 1. The number of para-hydroxylation sites is 1. The Hall–Kier alpha value is -3.88. The van der Waals surface area contributed by atoms with E-state index in [-0.39, 0.29) is 24.6 Å². The molecule has 1 saturated carbocycles. The highest BCUT2D eigenvalue weighted by Crippen LogP contribution is 2.24. The van der Waals surface area contributed by atoms with Crippen molar-refractivity contribution in [2.45, 2.75) is 44.8 Å². The Labute approximate surface area is 186 Å². The number of benzene rings is 2. The minimum absolute atomic E-state index is 0.0628. The van der Waals surface area contributed by atoms with Crippen LogP contribution in [0.25, 0.3) is 0 Å². The van der Waals surface area contributed by atoms with Crippen molar-refractivity contribution in [3.63, 3.8) is 0 Å². The van der Waals surface area contributed by atoms with Crippen LogP contribution in [0.4, 0.5) is 17.6 Å². The van der Waals surface area contributed by atoms with Crippen LogP contribution in [0.5, 0.6) is 11.5 Å². The first kappa shape index (κ1) is 21.4. The fourth-order valence-electron chi connectivity index (χ4n) is 3.48. The molecule has 9 nitrogen and oxygen atoms in total. The number of amidine groups is 1. The second-order valence-electron chi connectivity index (χ2n) is 7.55. The summed E-state index contributed by atoms with van der Waals surface area (Å²) >= 11 is 0. The number of aromatic nitrogens is 3. The summed E-state index contributed by atoms with van der Waals surface area (Å²) in [6.07, 6.45) is 5.72. The van der Waals surface area contributed by atoms with Gasteiger partial charge in [0.25, 0.3) is 6.02 Å². The van der Waals surface area contributed by atoms with Gasteiger partial charge in [0.1, 0.15) is 11.5 Å². The Bertz CT molecular complexity index is 1040. The second-order valence-corrected chi connectivity index (χ2v) is 7.55. The number of rotatable bonds is 7.